The van der Waals surface area contributed by atoms with Crippen molar-refractivity contribution in [2.45, 2.75) is 20.0 Å². The summed E-state index contributed by atoms with van der Waals surface area (Å²) in [4.78, 5) is 37.7. The van der Waals surface area contributed by atoms with Crippen LogP contribution < -0.4 is 15.0 Å². The van der Waals surface area contributed by atoms with Gasteiger partial charge in [0.05, 0.1) is 5.69 Å². The topological polar surface area (TPSA) is 95.9 Å². The molecule has 0 radical (unpaired) electrons. The van der Waals surface area contributed by atoms with Crippen molar-refractivity contribution in [3.8, 4) is 5.75 Å². The lowest BCUT2D eigenvalue weighted by Crippen LogP contribution is -2.54. The Morgan fingerprint density at radius 2 is 1.90 bits per heavy atom. The maximum absolute atomic E-state index is 13.1. The molecule has 154 valence electrons. The van der Waals surface area contributed by atoms with Crippen molar-refractivity contribution in [1.82, 2.24) is 5.32 Å². The maximum Gasteiger partial charge on any atom is 0.344 e. The van der Waals surface area contributed by atoms with E-state index in [4.69, 9.17) is 22.1 Å². The standard InChI is InChI=1S/C21H17BrN2O5S/c1-11-9-14(22)5-8-17(11)24-19(26)16(18(25)23-21(24)30)10-13-3-6-15(7-4-13)29-12(2)20(27)28/h3-10,12H,1-2H3,(H,27,28)(H,23,25,30)/b16-10+/t12-/m0/s1. The molecule has 1 aliphatic heterocycles. The molecule has 0 aliphatic carbocycles. The largest absolute Gasteiger partial charge is 0.479 e. The summed E-state index contributed by atoms with van der Waals surface area (Å²) >= 11 is 8.61. The zero-order valence-electron chi connectivity index (χ0n) is 16.0. The Hall–Kier alpha value is -3.04. The van der Waals surface area contributed by atoms with Crippen LogP contribution in [0.5, 0.6) is 5.75 Å². The number of carbonyl (C=O) groups is 3. The van der Waals surface area contributed by atoms with Crippen molar-refractivity contribution in [2.75, 3.05) is 4.90 Å². The molecule has 7 nitrogen and oxygen atoms in total. The highest BCUT2D eigenvalue weighted by molar-refractivity contribution is 9.10. The number of hydrogen-bond acceptors (Lipinski definition) is 5. The van der Waals surface area contributed by atoms with Crippen LogP contribution >= 0.6 is 28.1 Å². The van der Waals surface area contributed by atoms with Crippen LogP contribution in [-0.2, 0) is 14.4 Å². The predicted molar refractivity (Wildman–Crippen MR) is 119 cm³/mol. The van der Waals surface area contributed by atoms with E-state index >= 15 is 0 Å². The number of ether oxygens (including phenoxy) is 1. The highest BCUT2D eigenvalue weighted by atomic mass is 79.9. The van der Waals surface area contributed by atoms with Crippen LogP contribution in [0, 0.1) is 6.92 Å². The van der Waals surface area contributed by atoms with E-state index in [-0.39, 0.29) is 10.7 Å². The molecule has 0 aromatic heterocycles. The van der Waals surface area contributed by atoms with E-state index in [1.165, 1.54) is 17.9 Å². The Labute approximate surface area is 186 Å². The quantitative estimate of drug-likeness (QED) is 0.380. The van der Waals surface area contributed by atoms with Gasteiger partial charge in [-0.1, -0.05) is 28.1 Å². The molecule has 3 rings (SSSR count). The molecule has 1 heterocycles. The van der Waals surface area contributed by atoms with Gasteiger partial charge in [0.2, 0.25) is 0 Å². The molecule has 2 N–H and O–H groups in total. The minimum Gasteiger partial charge on any atom is -0.479 e. The number of carbonyl (C=O) groups excluding carboxylic acids is 2. The smallest absolute Gasteiger partial charge is 0.344 e. The maximum atomic E-state index is 13.1. The summed E-state index contributed by atoms with van der Waals surface area (Å²) in [6, 6.07) is 11.8. The number of carboxylic acids is 1. The van der Waals surface area contributed by atoms with E-state index in [1.807, 2.05) is 13.0 Å². The molecule has 1 saturated heterocycles. The van der Waals surface area contributed by atoms with Crippen LogP contribution in [0.2, 0.25) is 0 Å². The summed E-state index contributed by atoms with van der Waals surface area (Å²) in [5.41, 5.74) is 1.89. The molecule has 2 amide bonds. The van der Waals surface area contributed by atoms with Gasteiger partial charge in [-0.05, 0) is 73.6 Å². The number of carboxylic acid groups (broad SMARTS) is 1. The Balaban J connectivity index is 1.90. The Morgan fingerprint density at radius 3 is 2.50 bits per heavy atom. The van der Waals surface area contributed by atoms with Gasteiger partial charge < -0.3 is 9.84 Å². The Kier molecular flexibility index (Phi) is 6.33. The first-order valence-corrected chi connectivity index (χ1v) is 10.0. The molecule has 1 aliphatic rings. The van der Waals surface area contributed by atoms with E-state index in [9.17, 15) is 14.4 Å². The molecule has 9 heteroatoms. The van der Waals surface area contributed by atoms with E-state index in [2.05, 4.69) is 21.2 Å². The van der Waals surface area contributed by atoms with Gasteiger partial charge in [-0.3, -0.25) is 19.8 Å². The van der Waals surface area contributed by atoms with Crippen molar-refractivity contribution in [3.63, 3.8) is 0 Å². The normalized spacial score (nSPS) is 16.4. The molecule has 0 bridgehead atoms. The highest BCUT2D eigenvalue weighted by Gasteiger charge is 2.35. The average molecular weight is 489 g/mol. The second-order valence-corrected chi connectivity index (χ2v) is 7.86. The molecule has 30 heavy (non-hydrogen) atoms. The van der Waals surface area contributed by atoms with Gasteiger partial charge in [-0.15, -0.1) is 0 Å². The number of nitrogens with one attached hydrogen (secondary N) is 1. The van der Waals surface area contributed by atoms with Gasteiger partial charge in [-0.2, -0.15) is 0 Å². The summed E-state index contributed by atoms with van der Waals surface area (Å²) in [5, 5.41) is 11.5. The van der Waals surface area contributed by atoms with Crippen molar-refractivity contribution >= 4 is 62.8 Å². The Bertz CT molecular complexity index is 1080. The molecule has 0 spiro atoms. The number of nitrogens with zero attached hydrogens (tertiary/aromatic N) is 1. The molecule has 1 atom stereocenters. The lowest BCUT2D eigenvalue weighted by atomic mass is 10.1. The molecule has 0 saturated carbocycles. The van der Waals surface area contributed by atoms with Crippen LogP contribution in [0.4, 0.5) is 5.69 Å². The third-order valence-electron chi connectivity index (χ3n) is 4.35. The zero-order chi connectivity index (χ0) is 22.0. The van der Waals surface area contributed by atoms with Crippen LogP contribution in [0.25, 0.3) is 6.08 Å². The Morgan fingerprint density at radius 1 is 1.23 bits per heavy atom. The summed E-state index contributed by atoms with van der Waals surface area (Å²) in [6.45, 7) is 3.26. The molecule has 0 unspecified atom stereocenters. The number of anilines is 1. The van der Waals surface area contributed by atoms with Crippen LogP contribution in [0.15, 0.2) is 52.5 Å². The minimum atomic E-state index is -1.08. The van der Waals surface area contributed by atoms with Gasteiger partial charge in [0.25, 0.3) is 11.8 Å². The number of aliphatic carboxylic acids is 1. The highest BCUT2D eigenvalue weighted by Crippen LogP contribution is 2.28. The third-order valence-corrected chi connectivity index (χ3v) is 5.13. The predicted octanol–water partition coefficient (Wildman–Crippen LogP) is 3.44. The molecule has 2 aromatic rings. The number of hydrogen-bond donors (Lipinski definition) is 2. The third kappa shape index (κ3) is 4.58. The fraction of sp³-hybridized carbons (Fsp3) is 0.143. The monoisotopic (exact) mass is 488 g/mol. The van der Waals surface area contributed by atoms with E-state index in [0.717, 1.165) is 10.0 Å². The number of halogens is 1. The van der Waals surface area contributed by atoms with Gasteiger partial charge in [0.15, 0.2) is 11.2 Å². The first kappa shape index (κ1) is 21.7. The van der Waals surface area contributed by atoms with Crippen molar-refractivity contribution < 1.29 is 24.2 Å². The number of rotatable bonds is 5. The van der Waals surface area contributed by atoms with Crippen LogP contribution in [0.3, 0.4) is 0 Å². The van der Waals surface area contributed by atoms with Gasteiger partial charge in [0.1, 0.15) is 11.3 Å². The number of benzene rings is 2. The second-order valence-electron chi connectivity index (χ2n) is 6.56. The second kappa shape index (κ2) is 8.76. The molecule has 2 aromatic carbocycles. The molecular formula is C21H17BrN2O5S. The summed E-state index contributed by atoms with van der Waals surface area (Å²) < 4.78 is 6.14. The summed E-state index contributed by atoms with van der Waals surface area (Å²) in [5.74, 6) is -1.84. The SMILES string of the molecule is Cc1cc(Br)ccc1N1C(=O)/C(=C/c2ccc(O[C@@H](C)C(=O)O)cc2)C(=O)NC1=S. The van der Waals surface area contributed by atoms with Crippen LogP contribution in [0.1, 0.15) is 18.1 Å². The zero-order valence-corrected chi connectivity index (χ0v) is 18.4. The van der Waals surface area contributed by atoms with Crippen LogP contribution in [-0.4, -0.2) is 34.1 Å². The van der Waals surface area contributed by atoms with Crippen molar-refractivity contribution in [2.24, 2.45) is 0 Å². The first-order chi connectivity index (χ1) is 14.2. The minimum absolute atomic E-state index is 0.0129. The number of thiocarbonyl (C=S) groups is 1. The number of aryl methyl sites for hydroxylation is 1. The fourth-order valence-corrected chi connectivity index (χ4v) is 3.56. The first-order valence-electron chi connectivity index (χ1n) is 8.84. The average Bonchev–Trinajstić information content (AvgIpc) is 2.67. The van der Waals surface area contributed by atoms with E-state index < -0.39 is 23.9 Å². The van der Waals surface area contributed by atoms with E-state index in [0.29, 0.717) is 17.0 Å². The van der Waals surface area contributed by atoms with Gasteiger partial charge in [0, 0.05) is 4.47 Å². The molecule has 1 fully saturated rings. The lowest BCUT2D eigenvalue weighted by molar-refractivity contribution is -0.144. The van der Waals surface area contributed by atoms with Crippen molar-refractivity contribution in [3.05, 3.63) is 63.6 Å². The van der Waals surface area contributed by atoms with E-state index in [1.54, 1.807) is 36.4 Å². The fourth-order valence-electron chi connectivity index (χ4n) is 2.81. The van der Waals surface area contributed by atoms with Gasteiger partial charge in [-0.25, -0.2) is 4.79 Å². The lowest BCUT2D eigenvalue weighted by Gasteiger charge is -2.30. The van der Waals surface area contributed by atoms with Gasteiger partial charge >= 0.3 is 5.97 Å². The summed E-state index contributed by atoms with van der Waals surface area (Å²) in [7, 11) is 0. The number of amides is 2. The molecular weight excluding hydrogens is 472 g/mol. The summed E-state index contributed by atoms with van der Waals surface area (Å²) in [6.07, 6.45) is 0.453. The van der Waals surface area contributed by atoms with Crippen molar-refractivity contribution in [1.29, 1.82) is 0 Å².